The van der Waals surface area contributed by atoms with Crippen molar-refractivity contribution in [3.8, 4) is 0 Å². The number of benzene rings is 1. The van der Waals surface area contributed by atoms with Gasteiger partial charge < -0.3 is 0 Å². The molecule has 1 aromatic rings. The molecule has 1 saturated carbocycles. The van der Waals surface area contributed by atoms with Gasteiger partial charge in [-0.05, 0) is 36.2 Å². The van der Waals surface area contributed by atoms with Crippen LogP contribution in [-0.2, 0) is 0 Å². The van der Waals surface area contributed by atoms with E-state index in [-0.39, 0.29) is 0 Å². The minimum absolute atomic E-state index is 0.583. The molecule has 0 nitrogen and oxygen atoms in total. The van der Waals surface area contributed by atoms with Gasteiger partial charge in [0.15, 0.2) is 0 Å². The van der Waals surface area contributed by atoms with Crippen LogP contribution in [-0.4, -0.2) is 0 Å². The molecule has 1 unspecified atom stereocenters. The second kappa shape index (κ2) is 5.03. The quantitative estimate of drug-likeness (QED) is 0.655. The van der Waals surface area contributed by atoms with E-state index in [1.54, 1.807) is 0 Å². The summed E-state index contributed by atoms with van der Waals surface area (Å²) in [4.78, 5) is 0. The minimum Gasteiger partial charge on any atom is -0.0648 e. The van der Waals surface area contributed by atoms with Gasteiger partial charge in [0, 0.05) is 0 Å². The SMILES string of the molecule is CCC1(C(C)c2ccccc2)CCCCC1. The smallest absolute Gasteiger partial charge is 0.0134 e. The maximum atomic E-state index is 2.43. The lowest BCUT2D eigenvalue weighted by molar-refractivity contribution is 0.144. The van der Waals surface area contributed by atoms with Crippen molar-refractivity contribution in [1.29, 1.82) is 0 Å². The van der Waals surface area contributed by atoms with Crippen LogP contribution in [0.5, 0.6) is 0 Å². The fraction of sp³-hybridized carbons (Fsp3) is 0.625. The third kappa shape index (κ3) is 2.16. The summed E-state index contributed by atoms with van der Waals surface area (Å²) in [7, 11) is 0. The largest absolute Gasteiger partial charge is 0.0648 e. The average Bonchev–Trinajstić information content (AvgIpc) is 2.39. The number of hydrogen-bond donors (Lipinski definition) is 0. The van der Waals surface area contributed by atoms with Crippen LogP contribution in [0.15, 0.2) is 30.3 Å². The van der Waals surface area contributed by atoms with Gasteiger partial charge in [-0.15, -0.1) is 0 Å². The third-order valence-electron chi connectivity index (χ3n) is 4.77. The highest BCUT2D eigenvalue weighted by molar-refractivity contribution is 5.21. The van der Waals surface area contributed by atoms with Gasteiger partial charge in [0.25, 0.3) is 0 Å². The molecule has 0 aliphatic heterocycles. The molecule has 0 aromatic heterocycles. The molecule has 0 heterocycles. The standard InChI is InChI=1S/C16H24/c1-3-16(12-8-5-9-13-16)14(2)15-10-6-4-7-11-15/h4,6-7,10-11,14H,3,5,8-9,12-13H2,1-2H3. The van der Waals surface area contributed by atoms with E-state index in [9.17, 15) is 0 Å². The van der Waals surface area contributed by atoms with Gasteiger partial charge in [0.1, 0.15) is 0 Å². The summed E-state index contributed by atoms with van der Waals surface area (Å²) in [6.45, 7) is 4.81. The molecule has 1 atom stereocenters. The first-order chi connectivity index (χ1) is 7.78. The van der Waals surface area contributed by atoms with Crippen LogP contribution in [0.3, 0.4) is 0 Å². The Balaban J connectivity index is 2.20. The number of rotatable bonds is 3. The van der Waals surface area contributed by atoms with Gasteiger partial charge in [-0.3, -0.25) is 0 Å². The van der Waals surface area contributed by atoms with Gasteiger partial charge >= 0.3 is 0 Å². The Hall–Kier alpha value is -0.780. The Morgan fingerprint density at radius 3 is 2.25 bits per heavy atom. The van der Waals surface area contributed by atoms with Crippen LogP contribution < -0.4 is 0 Å². The molecular formula is C16H24. The molecule has 1 aromatic carbocycles. The lowest BCUT2D eigenvalue weighted by atomic mass is 9.63. The molecule has 0 saturated heterocycles. The van der Waals surface area contributed by atoms with Crippen LogP contribution in [0.25, 0.3) is 0 Å². The Morgan fingerprint density at radius 1 is 1.06 bits per heavy atom. The Morgan fingerprint density at radius 2 is 1.69 bits per heavy atom. The summed E-state index contributed by atoms with van der Waals surface area (Å²) in [5.41, 5.74) is 2.12. The lowest BCUT2D eigenvalue weighted by Gasteiger charge is -2.42. The van der Waals surface area contributed by atoms with Crippen LogP contribution in [0.4, 0.5) is 0 Å². The van der Waals surface area contributed by atoms with E-state index in [4.69, 9.17) is 0 Å². The third-order valence-corrected chi connectivity index (χ3v) is 4.77. The molecule has 0 radical (unpaired) electrons. The van der Waals surface area contributed by atoms with E-state index in [1.165, 1.54) is 44.1 Å². The Kier molecular flexibility index (Phi) is 3.68. The predicted molar refractivity (Wildman–Crippen MR) is 70.7 cm³/mol. The Labute approximate surface area is 100 Å². The van der Waals surface area contributed by atoms with E-state index in [0.717, 1.165) is 5.92 Å². The second-order valence-corrected chi connectivity index (χ2v) is 5.41. The van der Waals surface area contributed by atoms with Crippen molar-refractivity contribution >= 4 is 0 Å². The predicted octanol–water partition coefficient (Wildman–Crippen LogP) is 5.15. The molecule has 0 bridgehead atoms. The van der Waals surface area contributed by atoms with Crippen molar-refractivity contribution in [1.82, 2.24) is 0 Å². The average molecular weight is 216 g/mol. The van der Waals surface area contributed by atoms with Gasteiger partial charge in [-0.2, -0.15) is 0 Å². The minimum atomic E-state index is 0.583. The van der Waals surface area contributed by atoms with Crippen molar-refractivity contribution < 1.29 is 0 Å². The first-order valence-corrected chi connectivity index (χ1v) is 6.83. The van der Waals surface area contributed by atoms with Crippen molar-refractivity contribution in [3.05, 3.63) is 35.9 Å². The first-order valence-electron chi connectivity index (χ1n) is 6.83. The fourth-order valence-corrected chi connectivity index (χ4v) is 3.44. The molecule has 0 N–H and O–H groups in total. The topological polar surface area (TPSA) is 0 Å². The van der Waals surface area contributed by atoms with E-state index in [2.05, 4.69) is 44.2 Å². The second-order valence-electron chi connectivity index (χ2n) is 5.41. The molecule has 2 rings (SSSR count). The molecule has 0 spiro atoms. The van der Waals surface area contributed by atoms with Crippen molar-refractivity contribution in [2.75, 3.05) is 0 Å². The normalized spacial score (nSPS) is 21.6. The zero-order valence-corrected chi connectivity index (χ0v) is 10.7. The monoisotopic (exact) mass is 216 g/mol. The maximum absolute atomic E-state index is 2.43. The lowest BCUT2D eigenvalue weighted by Crippen LogP contribution is -2.29. The van der Waals surface area contributed by atoms with Gasteiger partial charge in [0.05, 0.1) is 0 Å². The molecule has 0 heteroatoms. The van der Waals surface area contributed by atoms with Crippen LogP contribution in [0, 0.1) is 5.41 Å². The summed E-state index contributed by atoms with van der Waals surface area (Å²) in [6, 6.07) is 11.1. The molecular weight excluding hydrogens is 192 g/mol. The Bertz CT molecular complexity index is 306. The number of hydrogen-bond acceptors (Lipinski definition) is 0. The molecule has 1 aliphatic carbocycles. The highest BCUT2D eigenvalue weighted by atomic mass is 14.4. The summed E-state index contributed by atoms with van der Waals surface area (Å²) in [6.07, 6.45) is 8.52. The zero-order valence-electron chi connectivity index (χ0n) is 10.7. The van der Waals surface area contributed by atoms with Crippen molar-refractivity contribution in [3.63, 3.8) is 0 Å². The van der Waals surface area contributed by atoms with Crippen molar-refractivity contribution in [2.45, 2.75) is 58.3 Å². The summed E-state index contributed by atoms with van der Waals surface area (Å²) < 4.78 is 0. The van der Waals surface area contributed by atoms with E-state index in [0.29, 0.717) is 5.41 Å². The summed E-state index contributed by atoms with van der Waals surface area (Å²) in [5, 5.41) is 0. The highest BCUT2D eigenvalue weighted by Crippen LogP contribution is 2.49. The van der Waals surface area contributed by atoms with Gasteiger partial charge in [-0.1, -0.05) is 63.4 Å². The van der Waals surface area contributed by atoms with E-state index < -0.39 is 0 Å². The van der Waals surface area contributed by atoms with Crippen LogP contribution >= 0.6 is 0 Å². The van der Waals surface area contributed by atoms with Crippen LogP contribution in [0.2, 0.25) is 0 Å². The molecule has 88 valence electrons. The molecule has 0 amide bonds. The van der Waals surface area contributed by atoms with E-state index >= 15 is 0 Å². The zero-order chi connectivity index (χ0) is 11.4. The molecule has 1 aliphatic rings. The van der Waals surface area contributed by atoms with Gasteiger partial charge in [0.2, 0.25) is 0 Å². The molecule has 16 heavy (non-hydrogen) atoms. The van der Waals surface area contributed by atoms with Gasteiger partial charge in [-0.25, -0.2) is 0 Å². The van der Waals surface area contributed by atoms with Crippen LogP contribution in [0.1, 0.15) is 63.9 Å². The fourth-order valence-electron chi connectivity index (χ4n) is 3.44. The summed E-state index contributed by atoms with van der Waals surface area (Å²) >= 11 is 0. The van der Waals surface area contributed by atoms with Crippen molar-refractivity contribution in [2.24, 2.45) is 5.41 Å². The maximum Gasteiger partial charge on any atom is -0.0134 e. The first kappa shape index (κ1) is 11.7. The summed E-state index contributed by atoms with van der Waals surface area (Å²) in [5.74, 6) is 0.721. The highest BCUT2D eigenvalue weighted by Gasteiger charge is 2.36. The van der Waals surface area contributed by atoms with E-state index in [1.807, 2.05) is 0 Å². The molecule has 1 fully saturated rings.